The molecular formula is C22H25ClN2O2. The molecule has 0 saturated heterocycles. The molecule has 0 radical (unpaired) electrons. The van der Waals surface area contributed by atoms with Gasteiger partial charge in [0.05, 0.1) is 18.7 Å². The van der Waals surface area contributed by atoms with Crippen LogP contribution < -0.4 is 27.5 Å². The topological polar surface area (TPSA) is 55.5 Å². The van der Waals surface area contributed by atoms with Crippen molar-refractivity contribution in [3.63, 3.8) is 0 Å². The minimum atomic E-state index is -0.108. The van der Waals surface area contributed by atoms with Crippen molar-refractivity contribution >= 4 is 17.1 Å². The maximum absolute atomic E-state index is 10.9. The maximum Gasteiger partial charge on any atom is 0.227 e. The van der Waals surface area contributed by atoms with E-state index >= 15 is 0 Å². The number of nitrogens with one attached hydrogen (secondary N) is 2. The normalized spacial score (nSPS) is 20.3. The zero-order chi connectivity index (χ0) is 18.3. The Morgan fingerprint density at radius 2 is 1.78 bits per heavy atom. The average molecular weight is 385 g/mol. The van der Waals surface area contributed by atoms with E-state index in [9.17, 15) is 5.11 Å². The van der Waals surface area contributed by atoms with Gasteiger partial charge in [-0.3, -0.25) is 0 Å². The number of halogens is 1. The molecule has 1 unspecified atom stereocenters. The van der Waals surface area contributed by atoms with Gasteiger partial charge in [0, 0.05) is 18.9 Å². The van der Waals surface area contributed by atoms with Crippen LogP contribution in [0.1, 0.15) is 38.3 Å². The molecule has 4 rings (SSSR count). The van der Waals surface area contributed by atoms with E-state index in [-0.39, 0.29) is 23.9 Å². The highest BCUT2D eigenvalue weighted by Crippen LogP contribution is 2.42. The van der Waals surface area contributed by atoms with E-state index in [2.05, 4.69) is 48.4 Å². The second kappa shape index (κ2) is 7.28. The summed E-state index contributed by atoms with van der Waals surface area (Å²) in [6, 6.07) is 16.1. The van der Waals surface area contributed by atoms with Crippen LogP contribution in [0.4, 0.5) is 11.4 Å². The average Bonchev–Trinajstić information content (AvgIpc) is 2.77. The fourth-order valence-electron chi connectivity index (χ4n) is 3.97. The Hall–Kier alpha value is -2.46. The molecule has 4 nitrogen and oxygen atoms in total. The zero-order valence-corrected chi connectivity index (χ0v) is 16.6. The van der Waals surface area contributed by atoms with Gasteiger partial charge in [-0.1, -0.05) is 38.1 Å². The van der Waals surface area contributed by atoms with E-state index in [1.54, 1.807) is 7.11 Å². The molecule has 5 heteroatoms. The van der Waals surface area contributed by atoms with E-state index in [1.807, 2.05) is 24.3 Å². The van der Waals surface area contributed by atoms with Crippen LogP contribution in [-0.4, -0.2) is 17.9 Å². The number of aliphatic hydroxyl groups is 1. The number of benzene rings is 2. The molecule has 1 heterocycles. The van der Waals surface area contributed by atoms with Crippen LogP contribution in [0.25, 0.3) is 0 Å². The van der Waals surface area contributed by atoms with Crippen LogP contribution in [0.3, 0.4) is 0 Å². The van der Waals surface area contributed by atoms with E-state index in [0.29, 0.717) is 12.2 Å². The van der Waals surface area contributed by atoms with Crippen LogP contribution in [0.2, 0.25) is 0 Å². The molecule has 0 spiro atoms. The summed E-state index contributed by atoms with van der Waals surface area (Å²) in [5, 5.41) is 14.6. The standard InChI is InChI=1S/C22H24N2O2.ClH/c1-22(2)12-18-20(19(25)13-22)21(14-8-10-15(26-3)11-9-14)24-17-7-5-4-6-16(17)23-18;/h4-11,21,24-25H,12-13H2,1-3H3;1H. The number of hydrogen-bond donors (Lipinski definition) is 3. The molecule has 1 aliphatic heterocycles. The molecule has 0 aromatic heterocycles. The fraction of sp³-hybridized carbons (Fsp3) is 0.318. The van der Waals surface area contributed by atoms with Crippen molar-refractivity contribution in [1.29, 1.82) is 0 Å². The van der Waals surface area contributed by atoms with Crippen molar-refractivity contribution in [2.45, 2.75) is 32.7 Å². The van der Waals surface area contributed by atoms with Crippen LogP contribution >= 0.6 is 0 Å². The Balaban J connectivity index is 0.00000210. The van der Waals surface area contributed by atoms with Crippen molar-refractivity contribution in [1.82, 2.24) is 0 Å². The van der Waals surface area contributed by atoms with E-state index in [4.69, 9.17) is 4.74 Å². The Kier molecular flexibility index (Phi) is 5.20. The number of ether oxygens (including phenoxy) is 1. The maximum atomic E-state index is 10.9. The van der Waals surface area contributed by atoms with Gasteiger partial charge < -0.3 is 27.6 Å². The molecule has 0 saturated carbocycles. The highest BCUT2D eigenvalue weighted by atomic mass is 35.5. The van der Waals surface area contributed by atoms with Crippen LogP contribution in [-0.2, 0) is 0 Å². The summed E-state index contributed by atoms with van der Waals surface area (Å²) in [5.74, 6) is 1.29. The van der Waals surface area contributed by atoms with E-state index < -0.39 is 0 Å². The van der Waals surface area contributed by atoms with Crippen molar-refractivity contribution in [3.8, 4) is 5.75 Å². The Bertz CT molecular complexity index is 901. The van der Waals surface area contributed by atoms with Gasteiger partial charge in [0.25, 0.3) is 0 Å². The largest absolute Gasteiger partial charge is 1.00 e. The summed E-state index contributed by atoms with van der Waals surface area (Å²) >= 11 is 0. The van der Waals surface area contributed by atoms with Crippen molar-refractivity contribution in [2.24, 2.45) is 5.41 Å². The first kappa shape index (κ1) is 19.3. The molecule has 0 fully saturated rings. The van der Waals surface area contributed by atoms with E-state index in [0.717, 1.165) is 40.4 Å². The first-order valence-electron chi connectivity index (χ1n) is 9.01. The van der Waals surface area contributed by atoms with Gasteiger partial charge in [-0.15, -0.1) is 0 Å². The number of fused-ring (bicyclic) bond motifs is 2. The molecule has 3 N–H and O–H groups in total. The van der Waals surface area contributed by atoms with Gasteiger partial charge in [0.1, 0.15) is 17.2 Å². The smallest absolute Gasteiger partial charge is 0.227 e. The fourth-order valence-corrected chi connectivity index (χ4v) is 3.97. The summed E-state index contributed by atoms with van der Waals surface area (Å²) in [6.07, 6.45) is 1.58. The highest BCUT2D eigenvalue weighted by molar-refractivity contribution is 6.01. The number of aliphatic hydroxyl groups excluding tert-OH is 1. The lowest BCUT2D eigenvalue weighted by molar-refractivity contribution is -0.354. The minimum absolute atomic E-state index is 0. The molecule has 142 valence electrons. The third-order valence-electron chi connectivity index (χ3n) is 5.19. The zero-order valence-electron chi connectivity index (χ0n) is 15.8. The molecule has 27 heavy (non-hydrogen) atoms. The third-order valence-corrected chi connectivity index (χ3v) is 5.19. The van der Waals surface area contributed by atoms with Gasteiger partial charge in [0.2, 0.25) is 5.69 Å². The monoisotopic (exact) mass is 384 g/mol. The lowest BCUT2D eigenvalue weighted by Gasteiger charge is -2.32. The quantitative estimate of drug-likeness (QED) is 0.712. The summed E-state index contributed by atoms with van der Waals surface area (Å²) in [7, 11) is 1.67. The molecular weight excluding hydrogens is 360 g/mol. The number of hydrogen-bond acceptors (Lipinski definition) is 3. The Morgan fingerprint density at radius 3 is 2.48 bits per heavy atom. The summed E-state index contributed by atoms with van der Waals surface area (Å²) in [6.45, 7) is 4.39. The first-order chi connectivity index (χ1) is 12.5. The van der Waals surface area contributed by atoms with Gasteiger partial charge in [-0.25, -0.2) is 4.99 Å². The summed E-state index contributed by atoms with van der Waals surface area (Å²) < 4.78 is 5.29. The third kappa shape index (κ3) is 3.67. The molecule has 2 aromatic carbocycles. The number of allylic oxidation sites excluding steroid dienone is 1. The Labute approximate surface area is 166 Å². The minimum Gasteiger partial charge on any atom is -1.00 e. The molecule has 1 aliphatic carbocycles. The van der Waals surface area contributed by atoms with Crippen molar-refractivity contribution in [2.75, 3.05) is 12.4 Å². The predicted octanol–water partition coefficient (Wildman–Crippen LogP) is 0.651. The number of methoxy groups -OCH3 is 1. The molecule has 2 aromatic rings. The van der Waals surface area contributed by atoms with Crippen LogP contribution in [0.15, 0.2) is 59.9 Å². The lowest BCUT2D eigenvalue weighted by Crippen LogP contribution is -3.00. The number of rotatable bonds is 2. The molecule has 2 aliphatic rings. The summed E-state index contributed by atoms with van der Waals surface area (Å²) in [4.78, 5) is 3.58. The van der Waals surface area contributed by atoms with Crippen LogP contribution in [0, 0.1) is 5.41 Å². The second-order valence-electron chi connectivity index (χ2n) is 7.88. The summed E-state index contributed by atoms with van der Waals surface area (Å²) in [5.41, 5.74) is 5.26. The van der Waals surface area contributed by atoms with Gasteiger partial charge >= 0.3 is 0 Å². The van der Waals surface area contributed by atoms with Crippen molar-refractivity contribution in [3.05, 3.63) is 65.4 Å². The highest BCUT2D eigenvalue weighted by Gasteiger charge is 2.40. The lowest BCUT2D eigenvalue weighted by atomic mass is 9.74. The predicted molar refractivity (Wildman–Crippen MR) is 104 cm³/mol. The molecule has 0 bridgehead atoms. The van der Waals surface area contributed by atoms with Crippen molar-refractivity contribution < 1.29 is 27.2 Å². The molecule has 1 atom stereocenters. The van der Waals surface area contributed by atoms with E-state index in [1.165, 1.54) is 0 Å². The SMILES string of the molecule is COc1ccc(C2Nc3ccccc3[NH+]=C3CC(C)(C)CC(O)=C32)cc1.[Cl-]. The van der Waals surface area contributed by atoms with Gasteiger partial charge in [-0.2, -0.15) is 0 Å². The van der Waals surface area contributed by atoms with Gasteiger partial charge in [-0.05, 0) is 29.2 Å². The first-order valence-corrected chi connectivity index (χ1v) is 9.01. The van der Waals surface area contributed by atoms with Gasteiger partial charge in [0.15, 0.2) is 5.71 Å². The second-order valence-corrected chi connectivity index (χ2v) is 7.88. The molecule has 0 amide bonds. The number of anilines is 1. The Morgan fingerprint density at radius 1 is 1.07 bits per heavy atom. The number of para-hydroxylation sites is 2. The van der Waals surface area contributed by atoms with Crippen LogP contribution in [0.5, 0.6) is 5.75 Å².